The van der Waals surface area contributed by atoms with Crippen LogP contribution in [0, 0.1) is 6.92 Å². The molecule has 0 fully saturated rings. The topological polar surface area (TPSA) is 95.2 Å². The van der Waals surface area contributed by atoms with Crippen molar-refractivity contribution in [1.29, 1.82) is 0 Å². The van der Waals surface area contributed by atoms with Gasteiger partial charge in [0.25, 0.3) is 0 Å². The molecule has 2 aromatic rings. The van der Waals surface area contributed by atoms with Crippen molar-refractivity contribution >= 4 is 15.7 Å². The van der Waals surface area contributed by atoms with Crippen molar-refractivity contribution in [3.05, 3.63) is 36.0 Å². The van der Waals surface area contributed by atoms with Gasteiger partial charge in [0.05, 0.1) is 17.7 Å². The van der Waals surface area contributed by atoms with Crippen molar-refractivity contribution in [2.24, 2.45) is 0 Å². The van der Waals surface area contributed by atoms with Crippen molar-refractivity contribution in [2.45, 2.75) is 16.7 Å². The van der Waals surface area contributed by atoms with Crippen LogP contribution in [0.2, 0.25) is 0 Å². The molecule has 0 aliphatic heterocycles. The number of anilines is 1. The Balaban J connectivity index is 2.66. The summed E-state index contributed by atoms with van der Waals surface area (Å²) in [6.07, 6.45) is 0. The van der Waals surface area contributed by atoms with Gasteiger partial charge >= 0.3 is 6.01 Å². The number of rotatable bonds is 3. The molecule has 0 unspecified atom stereocenters. The smallest absolute Gasteiger partial charge is 0.318 e. The molecule has 0 bridgehead atoms. The molecule has 2 N–H and O–H groups in total. The summed E-state index contributed by atoms with van der Waals surface area (Å²) in [5.74, 6) is -0.117. The molecule has 0 saturated carbocycles. The van der Waals surface area contributed by atoms with E-state index >= 15 is 0 Å². The lowest BCUT2D eigenvalue weighted by Gasteiger charge is -2.10. The van der Waals surface area contributed by atoms with E-state index in [1.54, 1.807) is 25.1 Å². The lowest BCUT2D eigenvalue weighted by atomic mass is 10.4. The van der Waals surface area contributed by atoms with E-state index in [1.807, 2.05) is 0 Å². The van der Waals surface area contributed by atoms with Crippen LogP contribution in [-0.4, -0.2) is 25.5 Å². The first-order valence-electron chi connectivity index (χ1n) is 5.45. The number of aromatic nitrogens is 2. The van der Waals surface area contributed by atoms with E-state index in [1.165, 1.54) is 19.2 Å². The van der Waals surface area contributed by atoms with Gasteiger partial charge < -0.3 is 10.5 Å². The molecule has 1 heterocycles. The molecule has 0 atom stereocenters. The Labute approximate surface area is 111 Å². The quantitative estimate of drug-likeness (QED) is 0.907. The van der Waals surface area contributed by atoms with E-state index in [4.69, 9.17) is 10.5 Å². The van der Waals surface area contributed by atoms with E-state index in [0.717, 1.165) is 0 Å². The van der Waals surface area contributed by atoms with Crippen LogP contribution in [0.1, 0.15) is 5.69 Å². The van der Waals surface area contributed by atoms with E-state index in [0.29, 0.717) is 0 Å². The standard InChI is InChI=1S/C12H13N3O3S/c1-8-10(11(13)15-12(14-8)18-2)19(16,17)9-6-4-3-5-7-9/h3-7H,1-2H3,(H2,13,14,15). The molecule has 2 rings (SSSR count). The lowest BCUT2D eigenvalue weighted by Crippen LogP contribution is -2.11. The number of hydrogen-bond acceptors (Lipinski definition) is 6. The molecule has 0 aliphatic carbocycles. The second-order valence-electron chi connectivity index (χ2n) is 3.83. The number of nitrogens with zero attached hydrogens (tertiary/aromatic N) is 2. The molecule has 19 heavy (non-hydrogen) atoms. The van der Waals surface area contributed by atoms with Crippen LogP contribution in [0.4, 0.5) is 5.82 Å². The van der Waals surface area contributed by atoms with Crippen LogP contribution in [0.15, 0.2) is 40.1 Å². The first kappa shape index (κ1) is 13.3. The summed E-state index contributed by atoms with van der Waals surface area (Å²) in [6.45, 7) is 1.55. The second-order valence-corrected chi connectivity index (χ2v) is 5.71. The zero-order chi connectivity index (χ0) is 14.0. The Morgan fingerprint density at radius 2 is 1.79 bits per heavy atom. The average molecular weight is 279 g/mol. The van der Waals surface area contributed by atoms with E-state index in [2.05, 4.69) is 9.97 Å². The van der Waals surface area contributed by atoms with Gasteiger partial charge in [0.2, 0.25) is 9.84 Å². The summed E-state index contributed by atoms with van der Waals surface area (Å²) in [4.78, 5) is 7.83. The Kier molecular flexibility index (Phi) is 3.39. The van der Waals surface area contributed by atoms with Crippen LogP contribution in [-0.2, 0) is 9.84 Å². The zero-order valence-corrected chi connectivity index (χ0v) is 11.3. The van der Waals surface area contributed by atoms with Gasteiger partial charge in [-0.05, 0) is 19.1 Å². The fourth-order valence-corrected chi connectivity index (χ4v) is 3.21. The van der Waals surface area contributed by atoms with E-state index < -0.39 is 9.84 Å². The molecule has 0 amide bonds. The molecule has 1 aromatic heterocycles. The Hall–Kier alpha value is -2.15. The first-order valence-corrected chi connectivity index (χ1v) is 6.93. The average Bonchev–Trinajstić information content (AvgIpc) is 2.38. The Bertz CT molecular complexity index is 676. The summed E-state index contributed by atoms with van der Waals surface area (Å²) in [6, 6.07) is 8.06. The monoisotopic (exact) mass is 279 g/mol. The molecule has 0 spiro atoms. The van der Waals surface area contributed by atoms with Crippen molar-refractivity contribution in [2.75, 3.05) is 12.8 Å². The largest absolute Gasteiger partial charge is 0.467 e. The number of methoxy groups -OCH3 is 1. The van der Waals surface area contributed by atoms with Crippen molar-refractivity contribution < 1.29 is 13.2 Å². The van der Waals surface area contributed by atoms with Crippen molar-refractivity contribution in [3.63, 3.8) is 0 Å². The maximum atomic E-state index is 12.5. The fraction of sp³-hybridized carbons (Fsp3) is 0.167. The number of aryl methyl sites for hydroxylation is 1. The number of sulfone groups is 1. The van der Waals surface area contributed by atoms with Gasteiger partial charge in [-0.2, -0.15) is 9.97 Å². The SMILES string of the molecule is COc1nc(C)c(S(=O)(=O)c2ccccc2)c(N)n1. The number of nitrogens with two attached hydrogens (primary N) is 1. The highest BCUT2D eigenvalue weighted by Gasteiger charge is 2.25. The van der Waals surface area contributed by atoms with Gasteiger partial charge in [0, 0.05) is 0 Å². The maximum absolute atomic E-state index is 12.5. The third kappa shape index (κ3) is 2.37. The minimum absolute atomic E-state index is 0.0435. The molecule has 7 heteroatoms. The van der Waals surface area contributed by atoms with Crippen LogP contribution < -0.4 is 10.5 Å². The molecule has 0 aliphatic rings. The normalized spacial score (nSPS) is 11.3. The van der Waals surface area contributed by atoms with Crippen LogP contribution in [0.25, 0.3) is 0 Å². The summed E-state index contributed by atoms with van der Waals surface area (Å²) < 4.78 is 29.8. The Morgan fingerprint density at radius 3 is 2.32 bits per heavy atom. The number of ether oxygens (including phenoxy) is 1. The number of nitrogen functional groups attached to an aromatic ring is 1. The van der Waals surface area contributed by atoms with Gasteiger partial charge in [0.1, 0.15) is 10.7 Å². The van der Waals surface area contributed by atoms with E-state index in [-0.39, 0.29) is 27.3 Å². The molecule has 6 nitrogen and oxygen atoms in total. The molecular formula is C12H13N3O3S. The number of benzene rings is 1. The Morgan fingerprint density at radius 1 is 1.16 bits per heavy atom. The van der Waals surface area contributed by atoms with Gasteiger partial charge in [-0.15, -0.1) is 0 Å². The lowest BCUT2D eigenvalue weighted by molar-refractivity contribution is 0.378. The third-order valence-corrected chi connectivity index (χ3v) is 4.48. The van der Waals surface area contributed by atoms with Gasteiger partial charge in [-0.25, -0.2) is 8.42 Å². The second kappa shape index (κ2) is 4.85. The third-order valence-electron chi connectivity index (χ3n) is 2.55. The van der Waals surface area contributed by atoms with Crippen LogP contribution in [0.3, 0.4) is 0 Å². The minimum atomic E-state index is -3.73. The summed E-state index contributed by atoms with van der Waals surface area (Å²) in [7, 11) is -2.34. The zero-order valence-electron chi connectivity index (χ0n) is 10.5. The number of hydrogen-bond donors (Lipinski definition) is 1. The highest BCUT2D eigenvalue weighted by Crippen LogP contribution is 2.27. The van der Waals surface area contributed by atoms with Crippen LogP contribution >= 0.6 is 0 Å². The maximum Gasteiger partial charge on any atom is 0.318 e. The van der Waals surface area contributed by atoms with E-state index in [9.17, 15) is 8.42 Å². The highest BCUT2D eigenvalue weighted by molar-refractivity contribution is 7.91. The first-order chi connectivity index (χ1) is 8.96. The highest BCUT2D eigenvalue weighted by atomic mass is 32.2. The molecule has 0 radical (unpaired) electrons. The van der Waals surface area contributed by atoms with Crippen molar-refractivity contribution in [3.8, 4) is 6.01 Å². The summed E-state index contributed by atoms with van der Waals surface area (Å²) in [5.41, 5.74) is 5.97. The molecule has 100 valence electrons. The minimum Gasteiger partial charge on any atom is -0.467 e. The van der Waals surface area contributed by atoms with Gasteiger partial charge in [-0.3, -0.25) is 0 Å². The molecule has 1 aromatic carbocycles. The van der Waals surface area contributed by atoms with Gasteiger partial charge in [0.15, 0.2) is 0 Å². The van der Waals surface area contributed by atoms with Crippen molar-refractivity contribution in [1.82, 2.24) is 9.97 Å². The fourth-order valence-electron chi connectivity index (χ4n) is 1.70. The molecular weight excluding hydrogens is 266 g/mol. The summed E-state index contributed by atoms with van der Waals surface area (Å²) in [5, 5.41) is 0. The predicted octanol–water partition coefficient (Wildman–Crippen LogP) is 1.21. The van der Waals surface area contributed by atoms with Crippen LogP contribution in [0.5, 0.6) is 6.01 Å². The van der Waals surface area contributed by atoms with Gasteiger partial charge in [-0.1, -0.05) is 18.2 Å². The predicted molar refractivity (Wildman–Crippen MR) is 69.6 cm³/mol. The summed E-state index contributed by atoms with van der Waals surface area (Å²) >= 11 is 0. The molecule has 0 saturated heterocycles.